The van der Waals surface area contributed by atoms with Crippen molar-refractivity contribution in [3.05, 3.63) is 65.2 Å². The van der Waals surface area contributed by atoms with Gasteiger partial charge in [0, 0.05) is 11.6 Å². The van der Waals surface area contributed by atoms with Crippen LogP contribution in [-0.2, 0) is 13.0 Å². The van der Waals surface area contributed by atoms with E-state index in [4.69, 9.17) is 10.5 Å². The molecule has 2 rings (SSSR count). The van der Waals surface area contributed by atoms with Crippen molar-refractivity contribution >= 4 is 0 Å². The van der Waals surface area contributed by atoms with Crippen molar-refractivity contribution in [3.63, 3.8) is 0 Å². The summed E-state index contributed by atoms with van der Waals surface area (Å²) in [6.07, 6.45) is 1.97. The molecule has 0 aliphatic carbocycles. The standard InChI is InChI=1S/C18H23NO/c1-3-14-9-11-15(12-10-14)13-20-18-8-6-5-7-16(18)17(19)4-2/h5-12,17H,3-4,13,19H2,1-2H3/t17-/m0/s1. The molecule has 2 aromatic rings. The summed E-state index contributed by atoms with van der Waals surface area (Å²) < 4.78 is 5.94. The van der Waals surface area contributed by atoms with E-state index < -0.39 is 0 Å². The first-order valence-corrected chi connectivity index (χ1v) is 7.29. The molecular formula is C18H23NO. The van der Waals surface area contributed by atoms with Crippen molar-refractivity contribution in [2.24, 2.45) is 5.73 Å². The Bertz CT molecular complexity index is 533. The van der Waals surface area contributed by atoms with Crippen molar-refractivity contribution in [3.8, 4) is 5.75 Å². The fraction of sp³-hybridized carbons (Fsp3) is 0.333. The molecule has 0 spiro atoms. The number of para-hydroxylation sites is 1. The lowest BCUT2D eigenvalue weighted by Crippen LogP contribution is -2.10. The maximum atomic E-state index is 6.12. The zero-order valence-electron chi connectivity index (χ0n) is 12.3. The summed E-state index contributed by atoms with van der Waals surface area (Å²) >= 11 is 0. The van der Waals surface area contributed by atoms with Gasteiger partial charge in [-0.3, -0.25) is 0 Å². The van der Waals surface area contributed by atoms with Crippen LogP contribution in [0.4, 0.5) is 0 Å². The van der Waals surface area contributed by atoms with Gasteiger partial charge in [0.25, 0.3) is 0 Å². The van der Waals surface area contributed by atoms with Crippen LogP contribution in [0.2, 0.25) is 0 Å². The summed E-state index contributed by atoms with van der Waals surface area (Å²) in [6, 6.07) is 16.6. The molecule has 0 saturated heterocycles. The second kappa shape index (κ2) is 7.11. The van der Waals surface area contributed by atoms with Gasteiger partial charge >= 0.3 is 0 Å². The highest BCUT2D eigenvalue weighted by Crippen LogP contribution is 2.26. The van der Waals surface area contributed by atoms with Gasteiger partial charge in [-0.2, -0.15) is 0 Å². The summed E-state index contributed by atoms with van der Waals surface area (Å²) in [4.78, 5) is 0. The molecule has 0 unspecified atom stereocenters. The fourth-order valence-corrected chi connectivity index (χ4v) is 2.17. The molecule has 0 amide bonds. The van der Waals surface area contributed by atoms with E-state index in [0.717, 1.165) is 24.2 Å². The van der Waals surface area contributed by atoms with Crippen molar-refractivity contribution in [2.75, 3.05) is 0 Å². The highest BCUT2D eigenvalue weighted by Gasteiger charge is 2.09. The van der Waals surface area contributed by atoms with Gasteiger partial charge in [-0.15, -0.1) is 0 Å². The largest absolute Gasteiger partial charge is 0.489 e. The summed E-state index contributed by atoms with van der Waals surface area (Å²) in [6.45, 7) is 4.83. The van der Waals surface area contributed by atoms with E-state index in [1.807, 2.05) is 24.3 Å². The minimum atomic E-state index is 0.0358. The molecule has 106 valence electrons. The molecule has 0 bridgehead atoms. The third-order valence-electron chi connectivity index (χ3n) is 3.58. The third kappa shape index (κ3) is 3.61. The Balaban J connectivity index is 2.06. The number of nitrogens with two attached hydrogens (primary N) is 1. The van der Waals surface area contributed by atoms with Crippen LogP contribution in [0.1, 0.15) is 43.0 Å². The Morgan fingerprint density at radius 3 is 2.25 bits per heavy atom. The van der Waals surface area contributed by atoms with Crippen molar-refractivity contribution in [1.29, 1.82) is 0 Å². The topological polar surface area (TPSA) is 35.2 Å². The first kappa shape index (κ1) is 14.6. The van der Waals surface area contributed by atoms with Crippen LogP contribution in [0.5, 0.6) is 5.75 Å². The van der Waals surface area contributed by atoms with E-state index in [9.17, 15) is 0 Å². The summed E-state index contributed by atoms with van der Waals surface area (Å²) in [5.41, 5.74) is 9.74. The number of ether oxygens (including phenoxy) is 1. The summed E-state index contributed by atoms with van der Waals surface area (Å²) in [5, 5.41) is 0. The number of rotatable bonds is 6. The molecule has 2 aromatic carbocycles. The predicted octanol–water partition coefficient (Wildman–Crippen LogP) is 4.24. The molecule has 0 aliphatic rings. The third-order valence-corrected chi connectivity index (χ3v) is 3.58. The Morgan fingerprint density at radius 2 is 1.60 bits per heavy atom. The van der Waals surface area contributed by atoms with E-state index in [0.29, 0.717) is 6.61 Å². The molecule has 2 nitrogen and oxygen atoms in total. The van der Waals surface area contributed by atoms with E-state index in [2.05, 4.69) is 38.1 Å². The molecule has 0 aromatic heterocycles. The monoisotopic (exact) mass is 269 g/mol. The highest BCUT2D eigenvalue weighted by molar-refractivity contribution is 5.36. The lowest BCUT2D eigenvalue weighted by atomic mass is 10.0. The lowest BCUT2D eigenvalue weighted by molar-refractivity contribution is 0.300. The van der Waals surface area contributed by atoms with Crippen LogP contribution >= 0.6 is 0 Å². The van der Waals surface area contributed by atoms with Gasteiger partial charge in [0.1, 0.15) is 12.4 Å². The van der Waals surface area contributed by atoms with Gasteiger partial charge < -0.3 is 10.5 Å². The second-order valence-electron chi connectivity index (χ2n) is 5.01. The fourth-order valence-electron chi connectivity index (χ4n) is 2.17. The Morgan fingerprint density at radius 1 is 0.950 bits per heavy atom. The lowest BCUT2D eigenvalue weighted by Gasteiger charge is -2.15. The molecule has 0 aliphatic heterocycles. The Hall–Kier alpha value is -1.80. The van der Waals surface area contributed by atoms with Crippen molar-refractivity contribution < 1.29 is 4.74 Å². The zero-order chi connectivity index (χ0) is 14.4. The summed E-state index contributed by atoms with van der Waals surface area (Å²) in [5.74, 6) is 0.890. The quantitative estimate of drug-likeness (QED) is 0.851. The van der Waals surface area contributed by atoms with Crippen LogP contribution in [0.15, 0.2) is 48.5 Å². The predicted molar refractivity (Wildman–Crippen MR) is 83.8 cm³/mol. The Kier molecular flexibility index (Phi) is 5.19. The smallest absolute Gasteiger partial charge is 0.124 e. The molecule has 0 fully saturated rings. The van der Waals surface area contributed by atoms with Crippen LogP contribution in [0.25, 0.3) is 0 Å². The molecule has 0 radical (unpaired) electrons. The van der Waals surface area contributed by atoms with Crippen molar-refractivity contribution in [1.82, 2.24) is 0 Å². The number of hydrogen-bond acceptors (Lipinski definition) is 2. The number of hydrogen-bond donors (Lipinski definition) is 1. The molecule has 1 atom stereocenters. The van der Waals surface area contributed by atoms with Crippen LogP contribution in [0.3, 0.4) is 0 Å². The second-order valence-corrected chi connectivity index (χ2v) is 5.01. The van der Waals surface area contributed by atoms with Crippen molar-refractivity contribution in [2.45, 2.75) is 39.3 Å². The molecule has 2 N–H and O–H groups in total. The SMILES string of the molecule is CCc1ccc(COc2ccccc2[C@@H](N)CC)cc1. The first-order chi connectivity index (χ1) is 9.74. The van der Waals surface area contributed by atoms with Gasteiger partial charge in [0.05, 0.1) is 0 Å². The van der Waals surface area contributed by atoms with Crippen LogP contribution in [0, 0.1) is 0 Å². The molecular weight excluding hydrogens is 246 g/mol. The average Bonchev–Trinajstić information content (AvgIpc) is 2.53. The van der Waals surface area contributed by atoms with Gasteiger partial charge in [0.2, 0.25) is 0 Å². The van der Waals surface area contributed by atoms with Gasteiger partial charge in [-0.05, 0) is 30.0 Å². The number of benzene rings is 2. The molecule has 20 heavy (non-hydrogen) atoms. The average molecular weight is 269 g/mol. The van der Waals surface area contributed by atoms with E-state index in [-0.39, 0.29) is 6.04 Å². The normalized spacial score (nSPS) is 12.2. The molecule has 2 heteroatoms. The van der Waals surface area contributed by atoms with Gasteiger partial charge in [-0.1, -0.05) is 56.3 Å². The molecule has 0 heterocycles. The number of aryl methyl sites for hydroxylation is 1. The first-order valence-electron chi connectivity index (χ1n) is 7.29. The minimum absolute atomic E-state index is 0.0358. The zero-order valence-corrected chi connectivity index (χ0v) is 12.3. The van der Waals surface area contributed by atoms with E-state index >= 15 is 0 Å². The maximum absolute atomic E-state index is 6.12. The van der Waals surface area contributed by atoms with E-state index in [1.165, 1.54) is 11.1 Å². The van der Waals surface area contributed by atoms with Crippen LogP contribution < -0.4 is 10.5 Å². The summed E-state index contributed by atoms with van der Waals surface area (Å²) in [7, 11) is 0. The highest BCUT2D eigenvalue weighted by atomic mass is 16.5. The van der Waals surface area contributed by atoms with E-state index in [1.54, 1.807) is 0 Å². The van der Waals surface area contributed by atoms with Gasteiger partial charge in [-0.25, -0.2) is 0 Å². The van der Waals surface area contributed by atoms with Crippen LogP contribution in [-0.4, -0.2) is 0 Å². The molecule has 0 saturated carbocycles. The Labute approximate surface area is 121 Å². The maximum Gasteiger partial charge on any atom is 0.124 e. The minimum Gasteiger partial charge on any atom is -0.489 e. The van der Waals surface area contributed by atoms with Gasteiger partial charge in [0.15, 0.2) is 0 Å².